The van der Waals surface area contributed by atoms with Gasteiger partial charge in [-0.15, -0.1) is 0 Å². The number of hydrogen-bond donors (Lipinski definition) is 1. The molecule has 1 unspecified atom stereocenters. The van der Waals surface area contributed by atoms with Crippen molar-refractivity contribution in [3.63, 3.8) is 0 Å². The van der Waals surface area contributed by atoms with Crippen LogP contribution in [0, 0.1) is 13.8 Å². The van der Waals surface area contributed by atoms with Crippen molar-refractivity contribution < 1.29 is 0 Å². The molecule has 1 atom stereocenters. The van der Waals surface area contributed by atoms with E-state index in [1.54, 1.807) is 0 Å². The molecular formula is C18H25N3. The van der Waals surface area contributed by atoms with E-state index in [9.17, 15) is 0 Å². The van der Waals surface area contributed by atoms with Crippen LogP contribution in [0.5, 0.6) is 0 Å². The van der Waals surface area contributed by atoms with Crippen LogP contribution in [0.25, 0.3) is 5.69 Å². The largest absolute Gasteiger partial charge is 0.310 e. The van der Waals surface area contributed by atoms with Gasteiger partial charge in [-0.05, 0) is 56.8 Å². The zero-order chi connectivity index (χ0) is 14.8. The Labute approximate surface area is 127 Å². The third-order valence-corrected chi connectivity index (χ3v) is 4.48. The number of hydrogen-bond acceptors (Lipinski definition) is 2. The first-order valence-corrected chi connectivity index (χ1v) is 8.08. The first-order chi connectivity index (χ1) is 10.2. The molecule has 21 heavy (non-hydrogen) atoms. The fourth-order valence-electron chi connectivity index (χ4n) is 3.34. The fraction of sp³-hybridized carbons (Fsp3) is 0.500. The van der Waals surface area contributed by atoms with Crippen molar-refractivity contribution >= 4 is 0 Å². The molecule has 0 saturated carbocycles. The van der Waals surface area contributed by atoms with Gasteiger partial charge in [-0.1, -0.05) is 25.5 Å². The Hall–Kier alpha value is -1.61. The van der Waals surface area contributed by atoms with E-state index in [4.69, 9.17) is 5.10 Å². The molecule has 3 rings (SSSR count). The van der Waals surface area contributed by atoms with Crippen LogP contribution >= 0.6 is 0 Å². The number of aromatic nitrogens is 2. The lowest BCUT2D eigenvalue weighted by molar-refractivity contribution is 0.503. The highest BCUT2D eigenvalue weighted by molar-refractivity contribution is 5.45. The van der Waals surface area contributed by atoms with Gasteiger partial charge in [0.2, 0.25) is 0 Å². The molecule has 0 amide bonds. The standard InChI is InChI=1S/C18H25N3/c1-4-19-16-7-5-6-8-17-15(16)12-20-21(17)18-11-13(2)9-10-14(18)3/h9-12,16,19H,4-8H2,1-3H3. The molecule has 0 aliphatic heterocycles. The van der Waals surface area contributed by atoms with E-state index in [0.29, 0.717) is 6.04 Å². The SMILES string of the molecule is CCNC1CCCCc2c1cnn2-c1cc(C)ccc1C. The van der Waals surface area contributed by atoms with Crippen LogP contribution in [-0.2, 0) is 6.42 Å². The summed E-state index contributed by atoms with van der Waals surface area (Å²) in [5.41, 5.74) is 6.60. The highest BCUT2D eigenvalue weighted by Crippen LogP contribution is 2.30. The van der Waals surface area contributed by atoms with Gasteiger partial charge in [-0.25, -0.2) is 4.68 Å². The monoisotopic (exact) mass is 283 g/mol. The van der Waals surface area contributed by atoms with Crippen LogP contribution in [0.3, 0.4) is 0 Å². The molecule has 0 radical (unpaired) electrons. The van der Waals surface area contributed by atoms with Crippen molar-refractivity contribution in [1.29, 1.82) is 0 Å². The molecule has 2 aromatic rings. The quantitative estimate of drug-likeness (QED) is 0.867. The molecule has 1 heterocycles. The first kappa shape index (κ1) is 14.3. The molecule has 1 aromatic carbocycles. The van der Waals surface area contributed by atoms with Crippen LogP contribution in [0.4, 0.5) is 0 Å². The molecular weight excluding hydrogens is 258 g/mol. The molecule has 1 aromatic heterocycles. The van der Waals surface area contributed by atoms with Crippen molar-refractivity contribution in [3.05, 3.63) is 46.8 Å². The van der Waals surface area contributed by atoms with Crippen LogP contribution in [0.15, 0.2) is 24.4 Å². The molecule has 0 bridgehead atoms. The third kappa shape index (κ3) is 2.75. The number of nitrogens with zero attached hydrogens (tertiary/aromatic N) is 2. The number of fused-ring (bicyclic) bond motifs is 1. The number of aryl methyl sites for hydroxylation is 2. The summed E-state index contributed by atoms with van der Waals surface area (Å²) in [7, 11) is 0. The Morgan fingerprint density at radius 2 is 2.14 bits per heavy atom. The van der Waals surface area contributed by atoms with Gasteiger partial charge in [0.1, 0.15) is 0 Å². The van der Waals surface area contributed by atoms with E-state index >= 15 is 0 Å². The lowest BCUT2D eigenvalue weighted by atomic mass is 10.1. The van der Waals surface area contributed by atoms with E-state index < -0.39 is 0 Å². The summed E-state index contributed by atoms with van der Waals surface area (Å²) in [6, 6.07) is 7.07. The van der Waals surface area contributed by atoms with Gasteiger partial charge in [0.05, 0.1) is 11.9 Å². The van der Waals surface area contributed by atoms with Gasteiger partial charge in [0, 0.05) is 17.3 Å². The molecule has 112 valence electrons. The zero-order valence-corrected chi connectivity index (χ0v) is 13.3. The second-order valence-corrected chi connectivity index (χ2v) is 6.10. The Morgan fingerprint density at radius 1 is 1.29 bits per heavy atom. The van der Waals surface area contributed by atoms with Gasteiger partial charge in [0.15, 0.2) is 0 Å². The van der Waals surface area contributed by atoms with E-state index in [2.05, 4.69) is 55.2 Å². The number of benzene rings is 1. The average Bonchev–Trinajstić information content (AvgIpc) is 2.78. The minimum atomic E-state index is 0.464. The van der Waals surface area contributed by atoms with Gasteiger partial charge >= 0.3 is 0 Å². The molecule has 3 heteroatoms. The van der Waals surface area contributed by atoms with E-state index in [1.165, 1.54) is 47.3 Å². The predicted octanol–water partition coefficient (Wildman–Crippen LogP) is 3.87. The van der Waals surface area contributed by atoms with E-state index in [1.807, 2.05) is 0 Å². The Balaban J connectivity index is 2.07. The summed E-state index contributed by atoms with van der Waals surface area (Å²) in [6.07, 6.45) is 6.98. The van der Waals surface area contributed by atoms with Crippen LogP contribution in [0.1, 0.15) is 54.6 Å². The average molecular weight is 283 g/mol. The predicted molar refractivity (Wildman–Crippen MR) is 87.0 cm³/mol. The Kier molecular flexibility index (Phi) is 4.11. The molecule has 1 N–H and O–H groups in total. The summed E-state index contributed by atoms with van der Waals surface area (Å²) in [4.78, 5) is 0. The molecule has 0 saturated heterocycles. The summed E-state index contributed by atoms with van der Waals surface area (Å²) < 4.78 is 2.17. The minimum Gasteiger partial charge on any atom is -0.310 e. The van der Waals surface area contributed by atoms with Gasteiger partial charge in [0.25, 0.3) is 0 Å². The molecule has 3 nitrogen and oxygen atoms in total. The lowest BCUT2D eigenvalue weighted by Gasteiger charge is -2.16. The molecule has 0 spiro atoms. The van der Waals surface area contributed by atoms with Gasteiger partial charge in [-0.2, -0.15) is 5.10 Å². The smallest absolute Gasteiger partial charge is 0.0680 e. The van der Waals surface area contributed by atoms with Crippen LogP contribution in [0.2, 0.25) is 0 Å². The maximum atomic E-state index is 4.72. The van der Waals surface area contributed by atoms with Crippen molar-refractivity contribution in [2.45, 2.75) is 52.5 Å². The van der Waals surface area contributed by atoms with Gasteiger partial charge in [-0.3, -0.25) is 0 Å². The maximum absolute atomic E-state index is 4.72. The van der Waals surface area contributed by atoms with Crippen molar-refractivity contribution in [3.8, 4) is 5.69 Å². The number of nitrogens with one attached hydrogen (secondary N) is 1. The third-order valence-electron chi connectivity index (χ3n) is 4.48. The van der Waals surface area contributed by atoms with Crippen molar-refractivity contribution in [2.24, 2.45) is 0 Å². The van der Waals surface area contributed by atoms with Crippen LogP contribution < -0.4 is 5.32 Å². The molecule has 1 aliphatic carbocycles. The fourth-order valence-corrected chi connectivity index (χ4v) is 3.34. The second-order valence-electron chi connectivity index (χ2n) is 6.10. The lowest BCUT2D eigenvalue weighted by Crippen LogP contribution is -2.20. The minimum absolute atomic E-state index is 0.464. The Morgan fingerprint density at radius 3 is 2.95 bits per heavy atom. The van der Waals surface area contributed by atoms with Crippen molar-refractivity contribution in [1.82, 2.24) is 15.1 Å². The highest BCUT2D eigenvalue weighted by Gasteiger charge is 2.22. The second kappa shape index (κ2) is 6.02. The first-order valence-electron chi connectivity index (χ1n) is 8.08. The molecule has 0 fully saturated rings. The zero-order valence-electron chi connectivity index (χ0n) is 13.3. The highest BCUT2D eigenvalue weighted by atomic mass is 15.3. The summed E-state index contributed by atoms with van der Waals surface area (Å²) in [5, 5.41) is 8.34. The Bertz CT molecular complexity index is 627. The summed E-state index contributed by atoms with van der Waals surface area (Å²) in [5.74, 6) is 0. The van der Waals surface area contributed by atoms with E-state index in [0.717, 1.165) is 13.0 Å². The maximum Gasteiger partial charge on any atom is 0.0680 e. The van der Waals surface area contributed by atoms with Gasteiger partial charge < -0.3 is 5.32 Å². The van der Waals surface area contributed by atoms with Crippen molar-refractivity contribution in [2.75, 3.05) is 6.54 Å². The number of rotatable bonds is 3. The summed E-state index contributed by atoms with van der Waals surface area (Å²) in [6.45, 7) is 7.51. The summed E-state index contributed by atoms with van der Waals surface area (Å²) >= 11 is 0. The van der Waals surface area contributed by atoms with E-state index in [-0.39, 0.29) is 0 Å². The topological polar surface area (TPSA) is 29.9 Å². The van der Waals surface area contributed by atoms with Crippen LogP contribution in [-0.4, -0.2) is 16.3 Å². The molecule has 1 aliphatic rings. The normalized spacial score (nSPS) is 18.3.